The largest absolute Gasteiger partial charge is 0.477 e. The number of ether oxygens (including phenoxy) is 7. The summed E-state index contributed by atoms with van der Waals surface area (Å²) in [6.45, 7) is 17.9. The van der Waals surface area contributed by atoms with E-state index in [9.17, 15) is 49.8 Å². The molecule has 1 aromatic heterocycles. The van der Waals surface area contributed by atoms with Gasteiger partial charge in [-0.3, -0.25) is 19.3 Å². The lowest BCUT2D eigenvalue weighted by atomic mass is 9.78. The van der Waals surface area contributed by atoms with Crippen LogP contribution in [0.3, 0.4) is 0 Å². The maximum Gasteiger partial charge on any atom is 0.341 e. The number of halogens is 1. The van der Waals surface area contributed by atoms with Crippen LogP contribution in [-0.2, 0) is 42.7 Å². The molecule has 1 saturated carbocycles. The quantitative estimate of drug-likeness (QED) is 0.126. The van der Waals surface area contributed by atoms with Crippen LogP contribution in [0.2, 0.25) is 0 Å². The predicted octanol–water partition coefficient (Wildman–Crippen LogP) is 2.78. The number of esters is 1. The molecule has 1 unspecified atom stereocenters. The number of hydrogen-bond acceptors (Lipinski definition) is 19. The minimum atomic E-state index is -2.10. The Labute approximate surface area is 468 Å². The number of amides is 1. The highest BCUT2D eigenvalue weighted by atomic mass is 19.1. The number of pyridine rings is 1. The summed E-state index contributed by atoms with van der Waals surface area (Å²) in [5.74, 6) is -6.77. The lowest BCUT2D eigenvalue weighted by Gasteiger charge is -2.50. The van der Waals surface area contributed by atoms with Crippen molar-refractivity contribution in [2.45, 2.75) is 210 Å². The zero-order chi connectivity index (χ0) is 59.1. The normalized spacial score (nSPS) is 38.9. The standard InChI is InChI=1S/C57H90FN5O17/c1-14-43-57(10,73)48(67)33(6)51(69)59-29(2)24-56(9,75-28-36(64)26-61-17-19-62(20-18-61)41-23-40-37(22-39(41)58)45(65)38(52(70)71)27-63(40)35-15-16-35)50(80-54-46(66)42(60(11)12)21-30(3)76-54)31(4)47(32(5)53(72)78-43)79-44-25-55(8,74-13)49(68)34(7)77-44/h22-23,27,29-36,42-44,46-50,54,64,66-68,73H,14-21,24-26,28H2,1-13H3,(H,59,69)(H,70,71)/t29-,30-,31+,32-,33-,34+,36?,42+,43-,44+,46-,47+,48-,49+,50-,54+,55-,56-,57-/m1/s1. The predicted molar refractivity (Wildman–Crippen MR) is 291 cm³/mol. The molecule has 19 atom stereocenters. The minimum absolute atomic E-state index is 0.000939. The molecule has 1 amide bonds. The molecule has 80 heavy (non-hydrogen) atoms. The number of nitrogens with one attached hydrogen (secondary N) is 1. The lowest BCUT2D eigenvalue weighted by Crippen LogP contribution is -2.61. The van der Waals surface area contributed by atoms with Crippen molar-refractivity contribution in [1.82, 2.24) is 19.7 Å². The lowest BCUT2D eigenvalue weighted by molar-refractivity contribution is -0.321. The molecule has 22 nitrogen and oxygen atoms in total. The molecule has 5 fully saturated rings. The Balaban J connectivity index is 1.22. The van der Waals surface area contributed by atoms with Crippen LogP contribution in [0.4, 0.5) is 10.1 Å². The number of methoxy groups -OCH3 is 1. The summed E-state index contributed by atoms with van der Waals surface area (Å²) in [4.78, 5) is 59.7. The fourth-order valence-corrected chi connectivity index (χ4v) is 12.6. The first-order valence-electron chi connectivity index (χ1n) is 28.5. The van der Waals surface area contributed by atoms with E-state index in [0.29, 0.717) is 38.1 Å². The van der Waals surface area contributed by atoms with E-state index in [0.717, 1.165) is 18.9 Å². The monoisotopic (exact) mass is 1140 g/mol. The van der Waals surface area contributed by atoms with Crippen LogP contribution in [0.1, 0.15) is 124 Å². The minimum Gasteiger partial charge on any atom is -0.477 e. The number of β-amino-alcohol motifs (C(OH)–C–C–N with tert-alkyl or cyclic N) is 1. The highest BCUT2D eigenvalue weighted by molar-refractivity contribution is 5.93. The number of carboxylic acids is 1. The van der Waals surface area contributed by atoms with E-state index in [-0.39, 0.29) is 49.5 Å². The van der Waals surface area contributed by atoms with Crippen LogP contribution < -0.4 is 15.6 Å². The average molecular weight is 1140 g/mol. The van der Waals surface area contributed by atoms with Crippen molar-refractivity contribution in [2.24, 2.45) is 17.8 Å². The molecular weight excluding hydrogens is 1050 g/mol. The Kier molecular flexibility index (Phi) is 20.3. The molecule has 4 saturated heterocycles. The van der Waals surface area contributed by atoms with Crippen molar-refractivity contribution in [3.8, 4) is 0 Å². The van der Waals surface area contributed by atoms with Crippen molar-refractivity contribution in [3.05, 3.63) is 39.9 Å². The van der Waals surface area contributed by atoms with Gasteiger partial charge in [-0.05, 0) is 107 Å². The van der Waals surface area contributed by atoms with Gasteiger partial charge in [-0.15, -0.1) is 0 Å². The summed E-state index contributed by atoms with van der Waals surface area (Å²) in [5, 5.41) is 71.5. The number of nitrogens with zero attached hydrogens (tertiary/aromatic N) is 4. The number of likely N-dealkylation sites (N-methyl/N-ethyl adjacent to an activating group) is 1. The van der Waals surface area contributed by atoms with Gasteiger partial charge in [0.15, 0.2) is 12.6 Å². The number of benzene rings is 1. The van der Waals surface area contributed by atoms with Gasteiger partial charge in [0, 0.05) is 81.9 Å². The van der Waals surface area contributed by atoms with Gasteiger partial charge in [0.2, 0.25) is 11.3 Å². The maximum atomic E-state index is 16.0. The van der Waals surface area contributed by atoms with Crippen LogP contribution in [0.25, 0.3) is 10.9 Å². The first kappa shape index (κ1) is 63.6. The first-order valence-corrected chi connectivity index (χ1v) is 28.5. The van der Waals surface area contributed by atoms with Gasteiger partial charge in [-0.1, -0.05) is 20.8 Å². The molecule has 1 aromatic carbocycles. The zero-order valence-electron chi connectivity index (χ0n) is 48.9. The Bertz CT molecular complexity index is 2540. The number of carboxylic acid groups (broad SMARTS) is 1. The smallest absolute Gasteiger partial charge is 0.341 e. The third kappa shape index (κ3) is 13.7. The van der Waals surface area contributed by atoms with Crippen molar-refractivity contribution in [2.75, 3.05) is 65.4 Å². The van der Waals surface area contributed by atoms with Crippen molar-refractivity contribution in [1.29, 1.82) is 0 Å². The molecule has 4 aliphatic heterocycles. The first-order chi connectivity index (χ1) is 37.4. The average Bonchev–Trinajstić information content (AvgIpc) is 4.25. The van der Waals surface area contributed by atoms with Crippen molar-refractivity contribution >= 4 is 34.4 Å². The van der Waals surface area contributed by atoms with Crippen LogP contribution in [0.5, 0.6) is 0 Å². The number of piperazine rings is 1. The number of carbonyl (C=O) groups excluding carboxylic acids is 2. The topological polar surface area (TPSA) is 281 Å². The number of aromatic carboxylic acids is 1. The molecule has 5 aliphatic rings. The van der Waals surface area contributed by atoms with E-state index in [2.05, 4.69) is 5.32 Å². The second-order valence-corrected chi connectivity index (χ2v) is 24.4. The Hall–Kier alpha value is -3.95. The van der Waals surface area contributed by atoms with Crippen molar-refractivity contribution < 1.29 is 82.6 Å². The number of aromatic nitrogens is 1. The summed E-state index contributed by atoms with van der Waals surface area (Å²) in [7, 11) is 5.16. The maximum absolute atomic E-state index is 16.0. The molecule has 0 spiro atoms. The highest BCUT2D eigenvalue weighted by Gasteiger charge is 2.54. The fraction of sp³-hybridized carbons (Fsp3) is 0.789. The molecule has 1 aliphatic carbocycles. The Morgan fingerprint density at radius 1 is 0.925 bits per heavy atom. The molecule has 452 valence electrons. The Morgan fingerprint density at radius 2 is 1.59 bits per heavy atom. The van der Waals surface area contributed by atoms with Gasteiger partial charge >= 0.3 is 11.9 Å². The molecule has 7 rings (SSSR count). The zero-order valence-corrected chi connectivity index (χ0v) is 48.9. The van der Waals surface area contributed by atoms with Gasteiger partial charge in [0.1, 0.15) is 35.3 Å². The second kappa shape index (κ2) is 25.5. The number of fused-ring (bicyclic) bond motifs is 1. The highest BCUT2D eigenvalue weighted by Crippen LogP contribution is 2.42. The van der Waals surface area contributed by atoms with Gasteiger partial charge in [-0.25, -0.2) is 9.18 Å². The summed E-state index contributed by atoms with van der Waals surface area (Å²) >= 11 is 0. The number of anilines is 1. The van der Waals surface area contributed by atoms with E-state index in [1.54, 1.807) is 59.1 Å². The van der Waals surface area contributed by atoms with E-state index in [4.69, 9.17) is 33.2 Å². The summed E-state index contributed by atoms with van der Waals surface area (Å²) in [6, 6.07) is 1.58. The molecule has 2 aromatic rings. The number of hydrogen-bond donors (Lipinski definition) is 7. The van der Waals surface area contributed by atoms with E-state index < -0.39 is 149 Å². The van der Waals surface area contributed by atoms with Crippen molar-refractivity contribution in [3.63, 3.8) is 0 Å². The van der Waals surface area contributed by atoms with Gasteiger partial charge in [0.05, 0.1) is 77.5 Å². The van der Waals surface area contributed by atoms with Gasteiger partial charge in [0.25, 0.3) is 0 Å². The molecule has 5 heterocycles. The summed E-state index contributed by atoms with van der Waals surface area (Å²) < 4.78 is 63.3. The number of cyclic esters (lactones) is 1. The van der Waals surface area contributed by atoms with E-state index in [1.807, 2.05) is 35.7 Å². The van der Waals surface area contributed by atoms with Crippen LogP contribution in [0.15, 0.2) is 23.1 Å². The number of rotatable bonds is 15. The number of aliphatic hydroxyl groups excluding tert-OH is 4. The molecule has 0 radical (unpaired) electrons. The van der Waals surface area contributed by atoms with E-state index >= 15 is 4.39 Å². The Morgan fingerprint density at radius 3 is 2.19 bits per heavy atom. The number of carbonyl (C=O) groups is 3. The number of aliphatic hydroxyl groups is 5. The third-order valence-corrected chi connectivity index (χ3v) is 17.7. The van der Waals surface area contributed by atoms with Gasteiger partial charge < -0.3 is 83.5 Å². The summed E-state index contributed by atoms with van der Waals surface area (Å²) in [5.41, 5.74) is -5.22. The van der Waals surface area contributed by atoms with Crippen LogP contribution in [0, 0.1) is 23.6 Å². The molecule has 23 heteroatoms. The van der Waals surface area contributed by atoms with Crippen LogP contribution in [-0.4, -0.2) is 220 Å². The molecule has 7 N–H and O–H groups in total. The fourth-order valence-electron chi connectivity index (χ4n) is 12.6. The second-order valence-electron chi connectivity index (χ2n) is 24.4. The molecule has 0 bridgehead atoms. The van der Waals surface area contributed by atoms with Crippen LogP contribution >= 0.6 is 0 Å². The summed E-state index contributed by atoms with van der Waals surface area (Å²) in [6.07, 6.45) is -8.79. The molecular formula is C57H90FN5O17. The van der Waals surface area contributed by atoms with Gasteiger partial charge in [-0.2, -0.15) is 0 Å². The third-order valence-electron chi connectivity index (χ3n) is 17.7. The van der Waals surface area contributed by atoms with E-state index in [1.165, 1.54) is 27.2 Å². The SMILES string of the molecule is CC[C@H]1OC(=O)[C@H](C)[C@@H](O[C@H]2C[C@@](C)(OC)[C@@H](O)[C@H](C)O2)[C@H](C)[C@@H](O[C@@H]2O[C@H](C)C[C@H](N(C)C)[C@H]2O)[C@](C)(OCC(O)CN2CCN(c3cc4c(cc3F)c(=O)c(C(=O)O)cn4C3CC3)CC2)C[C@@H](C)NC(=O)[C@H](C)[C@@H](O)[C@]1(C)O.